The minimum atomic E-state index is -0.000588. The maximum Gasteiger partial charge on any atom is 0.167 e. The molecule has 1 aromatic rings. The molecule has 16 heavy (non-hydrogen) atoms. The summed E-state index contributed by atoms with van der Waals surface area (Å²) in [5.41, 5.74) is 1.66. The second-order valence-corrected chi connectivity index (χ2v) is 4.26. The molecular formula is C13H18N2O. The maximum absolute atomic E-state index is 12.1. The Balaban J connectivity index is 3.12. The molecule has 0 atom stereocenters. The van der Waals surface area contributed by atoms with Crippen molar-refractivity contribution in [3.8, 4) is 0 Å². The first-order valence-electron chi connectivity index (χ1n) is 5.35. The standard InChI is InChI=1S/C13H18N2O/c1-10(2)13(16)12(9-15(3)4)11-5-7-14-8-6-11/h5-10H,1-4H3. The van der Waals surface area contributed by atoms with Gasteiger partial charge >= 0.3 is 0 Å². The smallest absolute Gasteiger partial charge is 0.167 e. The number of hydrogen-bond donors (Lipinski definition) is 0. The number of pyridine rings is 1. The minimum Gasteiger partial charge on any atom is -0.383 e. The van der Waals surface area contributed by atoms with Crippen molar-refractivity contribution in [1.82, 2.24) is 9.88 Å². The van der Waals surface area contributed by atoms with E-state index in [0.29, 0.717) is 0 Å². The molecule has 0 aromatic carbocycles. The van der Waals surface area contributed by atoms with Gasteiger partial charge in [0.25, 0.3) is 0 Å². The quantitative estimate of drug-likeness (QED) is 0.726. The Morgan fingerprint density at radius 1 is 1.31 bits per heavy atom. The molecule has 1 heterocycles. The van der Waals surface area contributed by atoms with E-state index in [-0.39, 0.29) is 11.7 Å². The van der Waals surface area contributed by atoms with Crippen LogP contribution in [-0.4, -0.2) is 29.8 Å². The van der Waals surface area contributed by atoms with E-state index in [1.54, 1.807) is 12.4 Å². The van der Waals surface area contributed by atoms with Gasteiger partial charge in [-0.1, -0.05) is 13.8 Å². The fourth-order valence-electron chi connectivity index (χ4n) is 1.38. The number of nitrogens with zero attached hydrogens (tertiary/aromatic N) is 2. The SMILES string of the molecule is CC(C)C(=O)C(=CN(C)C)c1ccncc1. The zero-order chi connectivity index (χ0) is 12.1. The van der Waals surface area contributed by atoms with E-state index in [1.165, 1.54) is 0 Å². The molecule has 0 spiro atoms. The van der Waals surface area contributed by atoms with Crippen LogP contribution in [-0.2, 0) is 4.79 Å². The number of carbonyl (C=O) groups is 1. The van der Waals surface area contributed by atoms with Crippen molar-refractivity contribution in [3.63, 3.8) is 0 Å². The molecule has 0 radical (unpaired) electrons. The number of hydrogen-bond acceptors (Lipinski definition) is 3. The van der Waals surface area contributed by atoms with Gasteiger partial charge in [-0.3, -0.25) is 9.78 Å². The third-order valence-corrected chi connectivity index (χ3v) is 2.17. The van der Waals surface area contributed by atoms with Crippen LogP contribution in [0.25, 0.3) is 5.57 Å². The highest BCUT2D eigenvalue weighted by atomic mass is 16.1. The van der Waals surface area contributed by atoms with Gasteiger partial charge in [-0.15, -0.1) is 0 Å². The van der Waals surface area contributed by atoms with Crippen LogP contribution in [0.3, 0.4) is 0 Å². The zero-order valence-electron chi connectivity index (χ0n) is 10.3. The lowest BCUT2D eigenvalue weighted by Crippen LogP contribution is -2.13. The Hall–Kier alpha value is -1.64. The van der Waals surface area contributed by atoms with Gasteiger partial charge < -0.3 is 4.90 Å². The Bertz CT molecular complexity index is 380. The first-order chi connectivity index (χ1) is 7.52. The van der Waals surface area contributed by atoms with E-state index in [4.69, 9.17) is 0 Å². The average molecular weight is 218 g/mol. The van der Waals surface area contributed by atoms with Gasteiger partial charge in [0.2, 0.25) is 0 Å². The van der Waals surface area contributed by atoms with Crippen LogP contribution in [0.1, 0.15) is 19.4 Å². The maximum atomic E-state index is 12.1. The summed E-state index contributed by atoms with van der Waals surface area (Å²) in [6, 6.07) is 3.71. The first-order valence-corrected chi connectivity index (χ1v) is 5.35. The van der Waals surface area contributed by atoms with Crippen molar-refractivity contribution in [3.05, 3.63) is 36.3 Å². The Morgan fingerprint density at radius 3 is 2.31 bits per heavy atom. The van der Waals surface area contributed by atoms with Crippen LogP contribution in [0.2, 0.25) is 0 Å². The van der Waals surface area contributed by atoms with Gasteiger partial charge in [0.05, 0.1) is 0 Å². The van der Waals surface area contributed by atoms with Crippen molar-refractivity contribution in [1.29, 1.82) is 0 Å². The molecule has 0 aliphatic carbocycles. The van der Waals surface area contributed by atoms with E-state index in [1.807, 2.05) is 51.2 Å². The minimum absolute atomic E-state index is 0.000588. The van der Waals surface area contributed by atoms with Gasteiger partial charge in [0.1, 0.15) is 0 Å². The molecule has 0 bridgehead atoms. The summed E-state index contributed by atoms with van der Waals surface area (Å²) < 4.78 is 0. The van der Waals surface area contributed by atoms with Crippen LogP contribution in [0, 0.1) is 5.92 Å². The highest BCUT2D eigenvalue weighted by molar-refractivity contribution is 6.21. The second kappa shape index (κ2) is 5.45. The first kappa shape index (κ1) is 12.4. The van der Waals surface area contributed by atoms with Crippen LogP contribution < -0.4 is 0 Å². The summed E-state index contributed by atoms with van der Waals surface area (Å²) in [5.74, 6) is 0.152. The zero-order valence-corrected chi connectivity index (χ0v) is 10.3. The number of aromatic nitrogens is 1. The number of allylic oxidation sites excluding steroid dienone is 1. The molecule has 0 saturated carbocycles. The van der Waals surface area contributed by atoms with Crippen molar-refractivity contribution in [2.75, 3.05) is 14.1 Å². The topological polar surface area (TPSA) is 33.2 Å². The monoisotopic (exact) mass is 218 g/mol. The van der Waals surface area contributed by atoms with Crippen molar-refractivity contribution in [2.24, 2.45) is 5.92 Å². The van der Waals surface area contributed by atoms with E-state index >= 15 is 0 Å². The van der Waals surface area contributed by atoms with Crippen LogP contribution in [0.15, 0.2) is 30.7 Å². The van der Waals surface area contributed by atoms with E-state index in [2.05, 4.69) is 4.98 Å². The van der Waals surface area contributed by atoms with Gasteiger partial charge in [0.15, 0.2) is 5.78 Å². The van der Waals surface area contributed by atoms with Crippen molar-refractivity contribution >= 4 is 11.4 Å². The van der Waals surface area contributed by atoms with Crippen LogP contribution in [0.5, 0.6) is 0 Å². The van der Waals surface area contributed by atoms with E-state index in [0.717, 1.165) is 11.1 Å². The molecule has 0 fully saturated rings. The number of carbonyl (C=O) groups excluding carboxylic acids is 1. The summed E-state index contributed by atoms with van der Waals surface area (Å²) in [5, 5.41) is 0. The predicted molar refractivity (Wildman–Crippen MR) is 65.7 cm³/mol. The Morgan fingerprint density at radius 2 is 1.88 bits per heavy atom. The molecule has 0 amide bonds. The number of ketones is 1. The summed E-state index contributed by atoms with van der Waals surface area (Å²) in [7, 11) is 3.82. The number of rotatable bonds is 4. The van der Waals surface area contributed by atoms with Gasteiger partial charge in [-0.05, 0) is 17.7 Å². The summed E-state index contributed by atoms with van der Waals surface area (Å²) in [6.07, 6.45) is 5.26. The molecule has 0 aliphatic heterocycles. The molecular weight excluding hydrogens is 200 g/mol. The van der Waals surface area contributed by atoms with Gasteiger partial charge in [-0.25, -0.2) is 0 Å². The van der Waals surface area contributed by atoms with Crippen molar-refractivity contribution < 1.29 is 4.79 Å². The van der Waals surface area contributed by atoms with Gasteiger partial charge in [-0.2, -0.15) is 0 Å². The molecule has 0 saturated heterocycles. The Labute approximate surface area is 96.8 Å². The van der Waals surface area contributed by atoms with Crippen LogP contribution in [0.4, 0.5) is 0 Å². The molecule has 86 valence electrons. The largest absolute Gasteiger partial charge is 0.383 e. The summed E-state index contributed by atoms with van der Waals surface area (Å²) >= 11 is 0. The normalized spacial score (nSPS) is 11.7. The molecule has 0 unspecified atom stereocenters. The van der Waals surface area contributed by atoms with E-state index < -0.39 is 0 Å². The fraction of sp³-hybridized carbons (Fsp3) is 0.385. The lowest BCUT2D eigenvalue weighted by molar-refractivity contribution is -0.116. The molecule has 1 rings (SSSR count). The Kier molecular flexibility index (Phi) is 4.23. The molecule has 3 nitrogen and oxygen atoms in total. The lowest BCUT2D eigenvalue weighted by atomic mass is 9.96. The molecule has 0 aliphatic rings. The van der Waals surface area contributed by atoms with E-state index in [9.17, 15) is 4.79 Å². The third-order valence-electron chi connectivity index (χ3n) is 2.17. The second-order valence-electron chi connectivity index (χ2n) is 4.26. The average Bonchev–Trinajstić information content (AvgIpc) is 2.26. The molecule has 3 heteroatoms. The van der Waals surface area contributed by atoms with Gasteiger partial charge in [0, 0.05) is 44.2 Å². The predicted octanol–water partition coefficient (Wildman–Crippen LogP) is 2.21. The lowest BCUT2D eigenvalue weighted by Gasteiger charge is -2.13. The fourth-order valence-corrected chi connectivity index (χ4v) is 1.38. The number of Topliss-reactive ketones (excluding diaryl/α,β-unsaturated/α-hetero) is 1. The highest BCUT2D eigenvalue weighted by Gasteiger charge is 2.15. The third kappa shape index (κ3) is 3.19. The van der Waals surface area contributed by atoms with Crippen molar-refractivity contribution in [2.45, 2.75) is 13.8 Å². The van der Waals surface area contributed by atoms with Crippen LogP contribution >= 0.6 is 0 Å². The summed E-state index contributed by atoms with van der Waals surface area (Å²) in [4.78, 5) is 17.9. The summed E-state index contributed by atoms with van der Waals surface area (Å²) in [6.45, 7) is 3.82. The molecule has 1 aromatic heterocycles. The highest BCUT2D eigenvalue weighted by Crippen LogP contribution is 2.18. The molecule has 0 N–H and O–H groups in total.